The van der Waals surface area contributed by atoms with E-state index in [0.29, 0.717) is 11.2 Å². The van der Waals surface area contributed by atoms with Gasteiger partial charge in [-0.15, -0.1) is 0 Å². The van der Waals surface area contributed by atoms with E-state index in [1.807, 2.05) is 6.07 Å². The summed E-state index contributed by atoms with van der Waals surface area (Å²) in [6, 6.07) is 4.69. The summed E-state index contributed by atoms with van der Waals surface area (Å²) >= 11 is 5.98. The van der Waals surface area contributed by atoms with Crippen molar-refractivity contribution in [2.24, 2.45) is 0 Å². The Labute approximate surface area is 89.7 Å². The minimum absolute atomic E-state index is 0.658. The summed E-state index contributed by atoms with van der Waals surface area (Å²) in [5, 5.41) is 4.14. The van der Waals surface area contributed by atoms with Gasteiger partial charge in [0, 0.05) is 12.2 Å². The van der Waals surface area contributed by atoms with Crippen LogP contribution in [0.25, 0.3) is 0 Å². The first-order chi connectivity index (χ1) is 6.86. The maximum Gasteiger partial charge on any atom is 0.132 e. The van der Waals surface area contributed by atoms with Crippen molar-refractivity contribution >= 4 is 11.6 Å². The molecule has 1 saturated heterocycles. The van der Waals surface area contributed by atoms with Crippen molar-refractivity contribution < 1.29 is 0 Å². The van der Waals surface area contributed by atoms with Crippen LogP contribution in [0.5, 0.6) is 0 Å². The van der Waals surface area contributed by atoms with Crippen LogP contribution < -0.4 is 5.32 Å². The van der Waals surface area contributed by atoms with Crippen molar-refractivity contribution in [3.05, 3.63) is 29.0 Å². The molecule has 2 nitrogen and oxygen atoms in total. The van der Waals surface area contributed by atoms with Crippen molar-refractivity contribution in [2.45, 2.75) is 31.7 Å². The van der Waals surface area contributed by atoms with E-state index in [4.69, 9.17) is 11.6 Å². The molecule has 1 N–H and O–H groups in total. The first kappa shape index (κ1) is 9.94. The molecule has 2 heterocycles. The number of nitrogens with zero attached hydrogens (tertiary/aromatic N) is 1. The molecule has 0 aromatic carbocycles. The zero-order chi connectivity index (χ0) is 9.80. The minimum atomic E-state index is 0.658. The summed E-state index contributed by atoms with van der Waals surface area (Å²) < 4.78 is 0. The maximum absolute atomic E-state index is 5.98. The van der Waals surface area contributed by atoms with Crippen LogP contribution in [0.2, 0.25) is 5.15 Å². The second-order valence-corrected chi connectivity index (χ2v) is 4.14. The number of pyridine rings is 1. The van der Waals surface area contributed by atoms with E-state index in [1.165, 1.54) is 31.4 Å². The number of aryl methyl sites for hydroxylation is 1. The molecule has 2 rings (SSSR count). The van der Waals surface area contributed by atoms with Crippen molar-refractivity contribution in [1.82, 2.24) is 10.3 Å². The highest BCUT2D eigenvalue weighted by atomic mass is 35.5. The molecule has 0 saturated carbocycles. The quantitative estimate of drug-likeness (QED) is 0.776. The van der Waals surface area contributed by atoms with Gasteiger partial charge in [0.1, 0.15) is 5.15 Å². The number of rotatable bonds is 3. The summed E-state index contributed by atoms with van der Waals surface area (Å²) in [6.07, 6.45) is 6.55. The van der Waals surface area contributed by atoms with Crippen molar-refractivity contribution in [2.75, 3.05) is 6.54 Å². The average Bonchev–Trinajstić information content (AvgIpc) is 2.69. The molecule has 0 bridgehead atoms. The van der Waals surface area contributed by atoms with Crippen LogP contribution in [0.15, 0.2) is 18.3 Å². The third-order valence-electron chi connectivity index (χ3n) is 2.76. The SMILES string of the molecule is Clc1ncccc1CCC1CCCN1. The smallest absolute Gasteiger partial charge is 0.132 e. The minimum Gasteiger partial charge on any atom is -0.314 e. The van der Waals surface area contributed by atoms with Crippen molar-refractivity contribution in [1.29, 1.82) is 0 Å². The van der Waals surface area contributed by atoms with Crippen LogP contribution in [0.4, 0.5) is 0 Å². The molecule has 1 aromatic heterocycles. The molecule has 76 valence electrons. The fourth-order valence-corrected chi connectivity index (χ4v) is 2.15. The monoisotopic (exact) mass is 210 g/mol. The molecule has 1 atom stereocenters. The van der Waals surface area contributed by atoms with Gasteiger partial charge in [-0.2, -0.15) is 0 Å². The average molecular weight is 211 g/mol. The third-order valence-corrected chi connectivity index (χ3v) is 3.10. The summed E-state index contributed by atoms with van der Waals surface area (Å²) in [4.78, 5) is 4.07. The number of aromatic nitrogens is 1. The summed E-state index contributed by atoms with van der Waals surface area (Å²) in [6.45, 7) is 1.17. The molecule has 14 heavy (non-hydrogen) atoms. The molecule has 1 aliphatic heterocycles. The van der Waals surface area contributed by atoms with E-state index in [9.17, 15) is 0 Å². The fourth-order valence-electron chi connectivity index (χ4n) is 1.94. The lowest BCUT2D eigenvalue weighted by atomic mass is 10.1. The van der Waals surface area contributed by atoms with Gasteiger partial charge >= 0.3 is 0 Å². The normalized spacial score (nSPS) is 21.4. The molecule has 0 radical (unpaired) electrons. The largest absolute Gasteiger partial charge is 0.314 e. The van der Waals surface area contributed by atoms with Crippen LogP contribution in [0.3, 0.4) is 0 Å². The van der Waals surface area contributed by atoms with Gasteiger partial charge in [0.15, 0.2) is 0 Å². The van der Waals surface area contributed by atoms with Gasteiger partial charge in [-0.25, -0.2) is 4.98 Å². The lowest BCUT2D eigenvalue weighted by Gasteiger charge is -2.09. The lowest BCUT2D eigenvalue weighted by Crippen LogP contribution is -2.21. The molecule has 0 aliphatic carbocycles. The van der Waals surface area contributed by atoms with Gasteiger partial charge in [-0.05, 0) is 43.9 Å². The Kier molecular flexibility index (Phi) is 3.38. The maximum atomic E-state index is 5.98. The number of nitrogens with one attached hydrogen (secondary N) is 1. The Morgan fingerprint density at radius 2 is 2.50 bits per heavy atom. The molecular formula is C11H15ClN2. The van der Waals surface area contributed by atoms with Gasteiger partial charge in [0.25, 0.3) is 0 Å². The van der Waals surface area contributed by atoms with Gasteiger partial charge in [0.05, 0.1) is 0 Å². The van der Waals surface area contributed by atoms with Crippen molar-refractivity contribution in [3.8, 4) is 0 Å². The van der Waals surface area contributed by atoms with Gasteiger partial charge < -0.3 is 5.32 Å². The van der Waals surface area contributed by atoms with Crippen LogP contribution >= 0.6 is 11.6 Å². The molecular weight excluding hydrogens is 196 g/mol. The molecule has 1 aliphatic rings. The topological polar surface area (TPSA) is 24.9 Å². The lowest BCUT2D eigenvalue weighted by molar-refractivity contribution is 0.559. The van der Waals surface area contributed by atoms with Gasteiger partial charge in [-0.1, -0.05) is 17.7 Å². The molecule has 0 spiro atoms. The molecule has 3 heteroatoms. The van der Waals surface area contributed by atoms with E-state index < -0.39 is 0 Å². The zero-order valence-corrected chi connectivity index (χ0v) is 8.93. The predicted octanol–water partition coefficient (Wildman–Crippen LogP) is 2.42. The van der Waals surface area contributed by atoms with Crippen molar-refractivity contribution in [3.63, 3.8) is 0 Å². The molecule has 1 unspecified atom stereocenters. The Morgan fingerprint density at radius 3 is 3.21 bits per heavy atom. The third kappa shape index (κ3) is 2.46. The molecule has 1 aromatic rings. The Bertz CT molecular complexity index is 295. The fraction of sp³-hybridized carbons (Fsp3) is 0.545. The summed E-state index contributed by atoms with van der Waals surface area (Å²) in [7, 11) is 0. The van der Waals surface area contributed by atoms with E-state index in [2.05, 4.69) is 16.4 Å². The van der Waals surface area contributed by atoms with Crippen LogP contribution in [-0.2, 0) is 6.42 Å². The Morgan fingerprint density at radius 1 is 1.57 bits per heavy atom. The summed E-state index contributed by atoms with van der Waals surface area (Å²) in [5.41, 5.74) is 1.17. The number of hydrogen-bond acceptors (Lipinski definition) is 2. The van der Waals surface area contributed by atoms with Crippen LogP contribution in [-0.4, -0.2) is 17.6 Å². The highest BCUT2D eigenvalue weighted by molar-refractivity contribution is 6.30. The Hall–Kier alpha value is -0.600. The van der Waals surface area contributed by atoms with Crippen LogP contribution in [0, 0.1) is 0 Å². The first-order valence-corrected chi connectivity index (χ1v) is 5.57. The standard InChI is InChI=1S/C11H15ClN2/c12-11-9(3-1-8-14-11)5-6-10-4-2-7-13-10/h1,3,8,10,13H,2,4-7H2. The zero-order valence-electron chi connectivity index (χ0n) is 8.17. The number of hydrogen-bond donors (Lipinski definition) is 1. The second-order valence-electron chi connectivity index (χ2n) is 3.79. The van der Waals surface area contributed by atoms with Gasteiger partial charge in [0.2, 0.25) is 0 Å². The highest BCUT2D eigenvalue weighted by Gasteiger charge is 2.14. The second kappa shape index (κ2) is 4.76. The highest BCUT2D eigenvalue weighted by Crippen LogP contribution is 2.17. The number of halogens is 1. The van der Waals surface area contributed by atoms with E-state index in [0.717, 1.165) is 6.42 Å². The molecule has 0 amide bonds. The first-order valence-electron chi connectivity index (χ1n) is 5.19. The summed E-state index contributed by atoms with van der Waals surface area (Å²) in [5.74, 6) is 0. The Balaban J connectivity index is 1.88. The molecule has 1 fully saturated rings. The van der Waals surface area contributed by atoms with E-state index >= 15 is 0 Å². The van der Waals surface area contributed by atoms with Gasteiger partial charge in [-0.3, -0.25) is 0 Å². The predicted molar refractivity (Wildman–Crippen MR) is 58.6 cm³/mol. The van der Waals surface area contributed by atoms with E-state index in [1.54, 1.807) is 6.20 Å². The van der Waals surface area contributed by atoms with E-state index in [-0.39, 0.29) is 0 Å². The van der Waals surface area contributed by atoms with Crippen LogP contribution in [0.1, 0.15) is 24.8 Å².